The topological polar surface area (TPSA) is 44.8 Å². The summed E-state index contributed by atoms with van der Waals surface area (Å²) in [5.74, 6) is -0.861. The van der Waals surface area contributed by atoms with Crippen LogP contribution in [0.1, 0.15) is 26.7 Å². The Balaban J connectivity index is 2.19. The molecule has 0 aromatic heterocycles. The molecule has 4 heteroatoms. The molecule has 0 saturated carbocycles. The van der Waals surface area contributed by atoms with Gasteiger partial charge in [0, 0.05) is 12.5 Å². The molecule has 1 fully saturated rings. The summed E-state index contributed by atoms with van der Waals surface area (Å²) < 4.78 is 16.0. The van der Waals surface area contributed by atoms with E-state index in [4.69, 9.17) is 14.2 Å². The molecule has 0 N–H and O–H groups in total. The van der Waals surface area contributed by atoms with Gasteiger partial charge >= 0.3 is 5.97 Å². The Morgan fingerprint density at radius 2 is 2.47 bits per heavy atom. The summed E-state index contributed by atoms with van der Waals surface area (Å²) in [6, 6.07) is 0. The number of carbonyl (C=O) groups is 1. The molecule has 0 aromatic rings. The Bertz CT molecular complexity index is 239. The average molecular weight is 214 g/mol. The Morgan fingerprint density at radius 3 is 3.00 bits per heavy atom. The largest absolute Gasteiger partial charge is 0.462 e. The normalized spacial score (nSPS) is 30.1. The van der Waals surface area contributed by atoms with Crippen molar-refractivity contribution in [3.05, 3.63) is 12.7 Å². The van der Waals surface area contributed by atoms with Gasteiger partial charge in [0.1, 0.15) is 0 Å². The molecule has 0 amide bonds. The van der Waals surface area contributed by atoms with Crippen LogP contribution in [0.5, 0.6) is 0 Å². The summed E-state index contributed by atoms with van der Waals surface area (Å²) in [5.41, 5.74) is 0. The zero-order valence-electron chi connectivity index (χ0n) is 9.32. The van der Waals surface area contributed by atoms with E-state index in [1.807, 2.05) is 13.8 Å². The lowest BCUT2D eigenvalue weighted by Crippen LogP contribution is -2.25. The highest BCUT2D eigenvalue weighted by molar-refractivity contribution is 5.81. The number of hydrogen-bond donors (Lipinski definition) is 0. The van der Waals surface area contributed by atoms with Crippen LogP contribution in [0.2, 0.25) is 0 Å². The molecular weight excluding hydrogens is 196 g/mol. The van der Waals surface area contributed by atoms with E-state index >= 15 is 0 Å². The summed E-state index contributed by atoms with van der Waals surface area (Å²) >= 11 is 0. The highest BCUT2D eigenvalue weighted by Crippen LogP contribution is 2.27. The highest BCUT2D eigenvalue weighted by atomic mass is 16.7. The van der Waals surface area contributed by atoms with Crippen molar-refractivity contribution in [2.45, 2.75) is 38.6 Å². The third kappa shape index (κ3) is 3.64. The van der Waals surface area contributed by atoms with Crippen molar-refractivity contribution in [2.75, 3.05) is 13.2 Å². The van der Waals surface area contributed by atoms with Crippen molar-refractivity contribution >= 4 is 5.97 Å². The average Bonchev–Trinajstić information content (AvgIpc) is 2.61. The Kier molecular flexibility index (Phi) is 4.29. The van der Waals surface area contributed by atoms with Gasteiger partial charge in [-0.05, 0) is 13.3 Å². The minimum atomic E-state index is -0.465. The molecule has 0 spiro atoms. The van der Waals surface area contributed by atoms with E-state index in [9.17, 15) is 4.79 Å². The van der Waals surface area contributed by atoms with E-state index in [0.717, 1.165) is 12.5 Å². The molecule has 4 nitrogen and oxygen atoms in total. The van der Waals surface area contributed by atoms with Gasteiger partial charge in [0.15, 0.2) is 5.79 Å². The van der Waals surface area contributed by atoms with Crippen molar-refractivity contribution in [3.8, 4) is 0 Å². The summed E-state index contributed by atoms with van der Waals surface area (Å²) in [6.45, 7) is 8.16. The van der Waals surface area contributed by atoms with Gasteiger partial charge < -0.3 is 14.2 Å². The molecule has 1 aliphatic rings. The number of rotatable bonds is 5. The van der Waals surface area contributed by atoms with Gasteiger partial charge in [-0.25, -0.2) is 4.79 Å². The molecule has 1 rings (SSSR count). The van der Waals surface area contributed by atoms with E-state index in [-0.39, 0.29) is 6.10 Å². The van der Waals surface area contributed by atoms with Gasteiger partial charge in [-0.15, -0.1) is 0 Å². The predicted molar refractivity (Wildman–Crippen MR) is 55.3 cm³/mol. The minimum absolute atomic E-state index is 0.0209. The fraction of sp³-hybridized carbons (Fsp3) is 0.727. The second-order valence-electron chi connectivity index (χ2n) is 3.70. The van der Waals surface area contributed by atoms with Crippen molar-refractivity contribution in [3.63, 3.8) is 0 Å². The molecule has 86 valence electrons. The van der Waals surface area contributed by atoms with Gasteiger partial charge in [-0.3, -0.25) is 0 Å². The number of carbonyl (C=O) groups excluding carboxylic acids is 1. The van der Waals surface area contributed by atoms with Gasteiger partial charge in [-0.1, -0.05) is 13.5 Å². The van der Waals surface area contributed by atoms with Crippen molar-refractivity contribution in [1.29, 1.82) is 0 Å². The summed E-state index contributed by atoms with van der Waals surface area (Å²) in [7, 11) is 0. The van der Waals surface area contributed by atoms with Crippen LogP contribution in [-0.2, 0) is 19.0 Å². The first-order valence-corrected chi connectivity index (χ1v) is 5.20. The van der Waals surface area contributed by atoms with Crippen LogP contribution in [0.15, 0.2) is 12.7 Å². The highest BCUT2D eigenvalue weighted by Gasteiger charge is 2.35. The van der Waals surface area contributed by atoms with Gasteiger partial charge in [0.25, 0.3) is 0 Å². The van der Waals surface area contributed by atoms with Crippen LogP contribution in [0.3, 0.4) is 0 Å². The Morgan fingerprint density at radius 1 is 1.73 bits per heavy atom. The maximum absolute atomic E-state index is 10.8. The van der Waals surface area contributed by atoms with E-state index in [1.54, 1.807) is 0 Å². The maximum Gasteiger partial charge on any atom is 0.330 e. The monoisotopic (exact) mass is 214 g/mol. The van der Waals surface area contributed by atoms with Crippen LogP contribution in [0.4, 0.5) is 0 Å². The number of ether oxygens (including phenoxy) is 3. The summed E-state index contributed by atoms with van der Waals surface area (Å²) in [6.07, 6.45) is 2.65. The Hall–Kier alpha value is -0.870. The molecule has 0 bridgehead atoms. The standard InChI is InChI=1S/C11H18O4/c1-4-10(12)13-7-6-9-8-14-11(3,5-2)15-9/h4,9H,1,5-8H2,2-3H3. The van der Waals surface area contributed by atoms with E-state index in [2.05, 4.69) is 6.58 Å². The molecule has 0 aromatic carbocycles. The lowest BCUT2D eigenvalue weighted by Gasteiger charge is -2.20. The maximum atomic E-state index is 10.8. The van der Waals surface area contributed by atoms with E-state index in [0.29, 0.717) is 19.6 Å². The molecule has 1 heterocycles. The molecule has 1 aliphatic heterocycles. The molecule has 0 aliphatic carbocycles. The van der Waals surface area contributed by atoms with Crippen LogP contribution >= 0.6 is 0 Å². The smallest absolute Gasteiger partial charge is 0.330 e. The summed E-state index contributed by atoms with van der Waals surface area (Å²) in [4.78, 5) is 10.8. The molecular formula is C11H18O4. The lowest BCUT2D eigenvalue weighted by molar-refractivity contribution is -0.157. The first-order valence-electron chi connectivity index (χ1n) is 5.20. The lowest BCUT2D eigenvalue weighted by atomic mass is 10.2. The van der Waals surface area contributed by atoms with Crippen LogP contribution < -0.4 is 0 Å². The second kappa shape index (κ2) is 5.28. The SMILES string of the molecule is C=CC(=O)OCCC1COC(C)(CC)O1. The van der Waals surface area contributed by atoms with E-state index in [1.165, 1.54) is 0 Å². The summed E-state index contributed by atoms with van der Waals surface area (Å²) in [5, 5.41) is 0. The van der Waals surface area contributed by atoms with Gasteiger partial charge in [0.05, 0.1) is 19.3 Å². The van der Waals surface area contributed by atoms with Crippen LogP contribution in [0, 0.1) is 0 Å². The van der Waals surface area contributed by atoms with Crippen molar-refractivity contribution < 1.29 is 19.0 Å². The fourth-order valence-corrected chi connectivity index (χ4v) is 1.37. The predicted octanol–water partition coefficient (Wildman–Crippen LogP) is 1.65. The van der Waals surface area contributed by atoms with Gasteiger partial charge in [0.2, 0.25) is 0 Å². The minimum Gasteiger partial charge on any atom is -0.462 e. The molecule has 1 saturated heterocycles. The molecule has 2 atom stereocenters. The quantitative estimate of drug-likeness (QED) is 0.515. The molecule has 0 radical (unpaired) electrons. The molecule has 2 unspecified atom stereocenters. The third-order valence-corrected chi connectivity index (χ3v) is 2.48. The second-order valence-corrected chi connectivity index (χ2v) is 3.70. The first kappa shape index (κ1) is 12.2. The van der Waals surface area contributed by atoms with Crippen LogP contribution in [-0.4, -0.2) is 31.1 Å². The molecule has 15 heavy (non-hydrogen) atoms. The zero-order chi connectivity index (χ0) is 11.3. The zero-order valence-corrected chi connectivity index (χ0v) is 9.32. The fourth-order valence-electron chi connectivity index (χ4n) is 1.37. The number of esters is 1. The first-order chi connectivity index (χ1) is 7.09. The van der Waals surface area contributed by atoms with Gasteiger partial charge in [-0.2, -0.15) is 0 Å². The van der Waals surface area contributed by atoms with Crippen molar-refractivity contribution in [1.82, 2.24) is 0 Å². The van der Waals surface area contributed by atoms with Crippen LogP contribution in [0.25, 0.3) is 0 Å². The van der Waals surface area contributed by atoms with Crippen molar-refractivity contribution in [2.24, 2.45) is 0 Å². The van der Waals surface area contributed by atoms with E-state index < -0.39 is 11.8 Å². The Labute approximate surface area is 90.2 Å². The number of hydrogen-bond acceptors (Lipinski definition) is 4. The third-order valence-electron chi connectivity index (χ3n) is 2.48.